The van der Waals surface area contributed by atoms with Crippen LogP contribution in [0.3, 0.4) is 0 Å². The lowest BCUT2D eigenvalue weighted by atomic mass is 9.78. The first kappa shape index (κ1) is 27.0. The topological polar surface area (TPSA) is 80.8 Å². The highest BCUT2D eigenvalue weighted by atomic mass is 127. The molecule has 0 saturated carbocycles. The Bertz CT molecular complexity index is 1410. The van der Waals surface area contributed by atoms with Crippen LogP contribution < -0.4 is 9.08 Å². The summed E-state index contributed by atoms with van der Waals surface area (Å²) in [5, 5.41) is 0. The summed E-state index contributed by atoms with van der Waals surface area (Å²) in [5.74, 6) is -2.10. The van der Waals surface area contributed by atoms with Gasteiger partial charge in [0.25, 0.3) is 0 Å². The molecule has 1 aliphatic heterocycles. The van der Waals surface area contributed by atoms with Crippen molar-refractivity contribution in [1.29, 1.82) is 0 Å². The standard InChI is InChI=1S/C25H18F4INO5S/c26-17-5-1-15(2-6-17)22(32)14-13-21-23(16-3-7-18(30)8-4-16)31(24(21)33)19-9-11-20(12-10-19)36-37(34,35)25(27,28)29/h1-12,21,23H,13-14H2. The van der Waals surface area contributed by atoms with Crippen LogP contribution in [0.5, 0.6) is 5.75 Å². The van der Waals surface area contributed by atoms with Crippen molar-refractivity contribution in [3.8, 4) is 5.75 Å². The van der Waals surface area contributed by atoms with Gasteiger partial charge in [-0.15, -0.1) is 0 Å². The van der Waals surface area contributed by atoms with E-state index in [1.165, 1.54) is 41.3 Å². The first-order valence-electron chi connectivity index (χ1n) is 10.9. The third kappa shape index (κ3) is 5.79. The second-order valence-electron chi connectivity index (χ2n) is 8.26. The first-order valence-corrected chi connectivity index (χ1v) is 13.3. The second-order valence-corrected chi connectivity index (χ2v) is 11.0. The molecular weight excluding hydrogens is 629 g/mol. The molecule has 0 aliphatic carbocycles. The van der Waals surface area contributed by atoms with Gasteiger partial charge in [-0.25, -0.2) is 4.39 Å². The smallest absolute Gasteiger partial charge is 0.376 e. The second kappa shape index (κ2) is 10.4. The zero-order valence-corrected chi connectivity index (χ0v) is 21.8. The number of anilines is 1. The Morgan fingerprint density at radius 3 is 2.11 bits per heavy atom. The van der Waals surface area contributed by atoms with Crippen molar-refractivity contribution in [2.75, 3.05) is 4.90 Å². The number of halogens is 5. The largest absolute Gasteiger partial charge is 0.534 e. The number of rotatable bonds is 8. The van der Waals surface area contributed by atoms with Crippen molar-refractivity contribution in [2.45, 2.75) is 24.4 Å². The number of hydrogen-bond donors (Lipinski definition) is 0. The number of β-lactam (4-membered cyclic amide) rings is 1. The molecule has 0 aromatic heterocycles. The van der Waals surface area contributed by atoms with E-state index >= 15 is 0 Å². The predicted molar refractivity (Wildman–Crippen MR) is 135 cm³/mol. The number of carbonyl (C=O) groups is 2. The highest BCUT2D eigenvalue weighted by molar-refractivity contribution is 14.1. The lowest BCUT2D eigenvalue weighted by molar-refractivity contribution is -0.130. The number of benzene rings is 3. The molecule has 0 radical (unpaired) electrons. The number of amides is 1. The average molecular weight is 647 g/mol. The molecule has 4 rings (SSSR count). The third-order valence-corrected chi connectivity index (χ3v) is 7.58. The van der Waals surface area contributed by atoms with Crippen LogP contribution in [-0.2, 0) is 14.9 Å². The van der Waals surface area contributed by atoms with Gasteiger partial charge in [-0.05, 0) is 95.2 Å². The van der Waals surface area contributed by atoms with Crippen LogP contribution in [0, 0.1) is 15.3 Å². The lowest BCUT2D eigenvalue weighted by Crippen LogP contribution is -2.55. The molecule has 1 saturated heterocycles. The van der Waals surface area contributed by atoms with Crippen LogP contribution in [0.2, 0.25) is 0 Å². The molecule has 2 unspecified atom stereocenters. The number of Topliss-reactive ketones (excluding diaryl/α,β-unsaturated/α-hetero) is 1. The van der Waals surface area contributed by atoms with Gasteiger partial charge in [0.1, 0.15) is 11.6 Å². The van der Waals surface area contributed by atoms with E-state index in [-0.39, 0.29) is 24.5 Å². The van der Waals surface area contributed by atoms with Gasteiger partial charge in [-0.3, -0.25) is 9.59 Å². The summed E-state index contributed by atoms with van der Waals surface area (Å²) in [6, 6.07) is 16.7. The third-order valence-electron chi connectivity index (χ3n) is 5.88. The molecule has 37 heavy (non-hydrogen) atoms. The number of hydrogen-bond acceptors (Lipinski definition) is 5. The number of carbonyl (C=O) groups excluding carboxylic acids is 2. The summed E-state index contributed by atoms with van der Waals surface area (Å²) < 4.78 is 78.6. The molecule has 1 amide bonds. The van der Waals surface area contributed by atoms with E-state index in [1.807, 2.05) is 24.3 Å². The maximum Gasteiger partial charge on any atom is 0.534 e. The summed E-state index contributed by atoms with van der Waals surface area (Å²) in [7, 11) is -5.83. The van der Waals surface area contributed by atoms with E-state index in [2.05, 4.69) is 26.8 Å². The molecule has 2 atom stereocenters. The fraction of sp³-hybridized carbons (Fsp3) is 0.200. The highest BCUT2D eigenvalue weighted by Crippen LogP contribution is 2.46. The normalized spacial score (nSPS) is 17.9. The molecule has 1 fully saturated rings. The van der Waals surface area contributed by atoms with Gasteiger partial charge < -0.3 is 9.08 Å². The van der Waals surface area contributed by atoms with Crippen molar-refractivity contribution in [2.24, 2.45) is 5.92 Å². The molecule has 1 heterocycles. The van der Waals surface area contributed by atoms with E-state index in [9.17, 15) is 35.6 Å². The van der Waals surface area contributed by atoms with Crippen LogP contribution >= 0.6 is 22.6 Å². The minimum absolute atomic E-state index is 0.0544. The van der Waals surface area contributed by atoms with E-state index in [0.717, 1.165) is 21.3 Å². The monoisotopic (exact) mass is 647 g/mol. The Morgan fingerprint density at radius 1 is 0.946 bits per heavy atom. The summed E-state index contributed by atoms with van der Waals surface area (Å²) in [4.78, 5) is 27.2. The van der Waals surface area contributed by atoms with Crippen molar-refractivity contribution in [3.05, 3.63) is 93.3 Å². The SMILES string of the molecule is O=C(CCC1C(=O)N(c2ccc(OS(=O)(=O)C(F)(F)F)cc2)C1c1ccc(I)cc1)c1ccc(F)cc1. The Labute approximate surface area is 223 Å². The van der Waals surface area contributed by atoms with Crippen LogP contribution in [0.25, 0.3) is 0 Å². The maximum absolute atomic E-state index is 13.2. The van der Waals surface area contributed by atoms with Crippen molar-refractivity contribution >= 4 is 50.1 Å². The average Bonchev–Trinajstić information content (AvgIpc) is 2.83. The van der Waals surface area contributed by atoms with E-state index in [4.69, 9.17) is 0 Å². The van der Waals surface area contributed by atoms with E-state index < -0.39 is 39.2 Å². The fourth-order valence-corrected chi connectivity index (χ4v) is 4.88. The van der Waals surface area contributed by atoms with Gasteiger partial charge in [0.05, 0.1) is 12.0 Å². The summed E-state index contributed by atoms with van der Waals surface area (Å²) in [5.41, 5.74) is -4.13. The first-order chi connectivity index (χ1) is 17.4. The van der Waals surface area contributed by atoms with Gasteiger partial charge >= 0.3 is 15.6 Å². The van der Waals surface area contributed by atoms with Crippen molar-refractivity contribution in [3.63, 3.8) is 0 Å². The Hall–Kier alpha value is -3.00. The Balaban J connectivity index is 1.54. The fourth-order valence-electron chi connectivity index (χ4n) is 4.06. The number of nitrogens with zero attached hydrogens (tertiary/aromatic N) is 1. The molecule has 3 aromatic carbocycles. The maximum atomic E-state index is 13.2. The molecule has 12 heteroatoms. The Kier molecular flexibility index (Phi) is 7.60. The van der Waals surface area contributed by atoms with Crippen molar-refractivity contribution in [1.82, 2.24) is 0 Å². The van der Waals surface area contributed by atoms with E-state index in [0.29, 0.717) is 11.3 Å². The molecule has 1 aliphatic rings. The molecule has 0 bridgehead atoms. The number of alkyl halides is 3. The van der Waals surface area contributed by atoms with Crippen LogP contribution in [0.15, 0.2) is 72.8 Å². The summed E-state index contributed by atoms with van der Waals surface area (Å²) >= 11 is 2.13. The quantitative estimate of drug-likeness (QED) is 0.0746. The Morgan fingerprint density at radius 2 is 1.54 bits per heavy atom. The van der Waals surface area contributed by atoms with Crippen LogP contribution in [0.1, 0.15) is 34.8 Å². The van der Waals surface area contributed by atoms with Crippen LogP contribution in [0.4, 0.5) is 23.2 Å². The van der Waals surface area contributed by atoms with Crippen LogP contribution in [-0.4, -0.2) is 25.6 Å². The predicted octanol–water partition coefficient (Wildman–Crippen LogP) is 6.03. The molecule has 0 spiro atoms. The molecule has 3 aromatic rings. The van der Waals surface area contributed by atoms with Gasteiger partial charge in [0.2, 0.25) is 5.91 Å². The summed E-state index contributed by atoms with van der Waals surface area (Å²) in [6.45, 7) is 0. The zero-order valence-electron chi connectivity index (χ0n) is 18.8. The van der Waals surface area contributed by atoms with Gasteiger partial charge in [-0.2, -0.15) is 21.6 Å². The minimum Gasteiger partial charge on any atom is -0.376 e. The highest BCUT2D eigenvalue weighted by Gasteiger charge is 2.49. The van der Waals surface area contributed by atoms with Crippen molar-refractivity contribution < 1.29 is 39.8 Å². The van der Waals surface area contributed by atoms with Gasteiger partial charge in [-0.1, -0.05) is 12.1 Å². The van der Waals surface area contributed by atoms with E-state index in [1.54, 1.807) is 0 Å². The minimum atomic E-state index is -5.83. The zero-order chi connectivity index (χ0) is 27.0. The molecule has 194 valence electrons. The van der Waals surface area contributed by atoms with Gasteiger partial charge in [0, 0.05) is 21.2 Å². The van der Waals surface area contributed by atoms with Gasteiger partial charge in [0.15, 0.2) is 5.78 Å². The molecular formula is C25H18F4INO5S. The number of ketones is 1. The lowest BCUT2D eigenvalue weighted by Gasteiger charge is -2.47. The molecule has 6 nitrogen and oxygen atoms in total. The summed E-state index contributed by atoms with van der Waals surface area (Å²) in [6.07, 6.45) is 0.284. The molecule has 0 N–H and O–H groups in total.